The van der Waals surface area contributed by atoms with Gasteiger partial charge in [-0.1, -0.05) is 17.7 Å². The molecule has 2 aliphatic heterocycles. The molecule has 0 aromatic heterocycles. The first-order valence-electron chi connectivity index (χ1n) is 8.81. The molecule has 1 aromatic carbocycles. The highest BCUT2D eigenvalue weighted by molar-refractivity contribution is 7.89. The molecule has 0 saturated carbocycles. The fourth-order valence-electron chi connectivity index (χ4n) is 3.20. The van der Waals surface area contributed by atoms with E-state index in [0.29, 0.717) is 37.7 Å². The summed E-state index contributed by atoms with van der Waals surface area (Å²) < 4.78 is 32.3. The number of hydrogen-bond donors (Lipinski definition) is 1. The summed E-state index contributed by atoms with van der Waals surface area (Å²) >= 11 is 5.90. The molecule has 9 heteroatoms. The number of hydrogen-bond acceptors (Lipinski definition) is 5. The van der Waals surface area contributed by atoms with Crippen LogP contribution in [0.3, 0.4) is 0 Å². The molecule has 1 atom stereocenters. The van der Waals surface area contributed by atoms with Crippen LogP contribution in [0.2, 0.25) is 5.02 Å². The third-order valence-electron chi connectivity index (χ3n) is 4.68. The van der Waals surface area contributed by atoms with Crippen LogP contribution in [0.15, 0.2) is 29.2 Å². The molecule has 0 radical (unpaired) electrons. The van der Waals surface area contributed by atoms with Crippen LogP contribution in [-0.2, 0) is 19.6 Å². The molecule has 0 unspecified atom stereocenters. The average molecular weight is 402 g/mol. The van der Waals surface area contributed by atoms with E-state index in [1.165, 1.54) is 10.4 Å². The van der Waals surface area contributed by atoms with Gasteiger partial charge >= 0.3 is 0 Å². The highest BCUT2D eigenvalue weighted by atomic mass is 35.5. The second-order valence-corrected chi connectivity index (χ2v) is 8.95. The first-order chi connectivity index (χ1) is 12.4. The number of sulfonamides is 1. The zero-order valence-corrected chi connectivity index (χ0v) is 16.1. The molecule has 2 fully saturated rings. The molecular formula is C17H24ClN3O4S. The van der Waals surface area contributed by atoms with Crippen LogP contribution in [0.25, 0.3) is 0 Å². The summed E-state index contributed by atoms with van der Waals surface area (Å²) in [5, 5.41) is 3.29. The van der Waals surface area contributed by atoms with E-state index in [1.54, 1.807) is 18.2 Å². The largest absolute Gasteiger partial charge is 0.376 e. The quantitative estimate of drug-likeness (QED) is 0.767. The van der Waals surface area contributed by atoms with E-state index in [2.05, 4.69) is 5.32 Å². The number of ether oxygens (including phenoxy) is 1. The minimum atomic E-state index is -3.55. The van der Waals surface area contributed by atoms with Crippen LogP contribution in [0.4, 0.5) is 0 Å². The van der Waals surface area contributed by atoms with Crippen molar-refractivity contribution in [1.29, 1.82) is 0 Å². The van der Waals surface area contributed by atoms with Crippen LogP contribution in [0.5, 0.6) is 0 Å². The number of nitrogens with zero attached hydrogens (tertiary/aromatic N) is 2. The van der Waals surface area contributed by atoms with Gasteiger partial charge < -0.3 is 10.1 Å². The Morgan fingerprint density at radius 2 is 2.04 bits per heavy atom. The van der Waals surface area contributed by atoms with Crippen molar-refractivity contribution in [2.45, 2.75) is 23.8 Å². The van der Waals surface area contributed by atoms with Crippen LogP contribution >= 0.6 is 11.6 Å². The SMILES string of the molecule is O=C(CN1CCN(S(=O)(=O)c2cccc(Cl)c2)CC1)NC[C@H]1CCCO1. The third-order valence-corrected chi connectivity index (χ3v) is 6.81. The number of nitrogens with one attached hydrogen (secondary N) is 1. The van der Waals surface area contributed by atoms with E-state index in [0.717, 1.165) is 19.4 Å². The number of benzene rings is 1. The van der Waals surface area contributed by atoms with Crippen LogP contribution in [-0.4, -0.2) is 75.5 Å². The van der Waals surface area contributed by atoms with Gasteiger partial charge in [0.2, 0.25) is 15.9 Å². The summed E-state index contributed by atoms with van der Waals surface area (Å²) in [5.41, 5.74) is 0. The molecule has 2 saturated heterocycles. The second kappa shape index (κ2) is 8.67. The van der Waals surface area contributed by atoms with E-state index < -0.39 is 10.0 Å². The van der Waals surface area contributed by atoms with Gasteiger partial charge in [0.25, 0.3) is 0 Å². The van der Waals surface area contributed by atoms with Gasteiger partial charge in [-0.25, -0.2) is 8.42 Å². The highest BCUT2D eigenvalue weighted by Crippen LogP contribution is 2.20. The van der Waals surface area contributed by atoms with Crippen LogP contribution in [0, 0.1) is 0 Å². The first kappa shape index (κ1) is 19.6. The van der Waals surface area contributed by atoms with E-state index in [9.17, 15) is 13.2 Å². The molecule has 3 rings (SSSR count). The normalized spacial score (nSPS) is 22.4. The number of piperazine rings is 1. The molecule has 26 heavy (non-hydrogen) atoms. The maximum absolute atomic E-state index is 12.7. The van der Waals surface area contributed by atoms with Crippen molar-refractivity contribution in [2.75, 3.05) is 45.9 Å². The van der Waals surface area contributed by atoms with Gasteiger partial charge in [0, 0.05) is 44.4 Å². The summed E-state index contributed by atoms with van der Waals surface area (Å²) in [6, 6.07) is 6.28. The first-order valence-corrected chi connectivity index (χ1v) is 10.6. The van der Waals surface area contributed by atoms with Crippen molar-refractivity contribution < 1.29 is 17.9 Å². The molecule has 0 bridgehead atoms. The fraction of sp³-hybridized carbons (Fsp3) is 0.588. The van der Waals surface area contributed by atoms with Gasteiger partial charge in [-0.05, 0) is 31.0 Å². The smallest absolute Gasteiger partial charge is 0.243 e. The van der Waals surface area contributed by atoms with Gasteiger partial charge in [-0.15, -0.1) is 0 Å². The topological polar surface area (TPSA) is 79.0 Å². The molecule has 2 heterocycles. The lowest BCUT2D eigenvalue weighted by molar-refractivity contribution is -0.123. The second-order valence-electron chi connectivity index (χ2n) is 6.58. The molecule has 1 amide bonds. The van der Waals surface area contributed by atoms with Gasteiger partial charge in [-0.2, -0.15) is 4.31 Å². The lowest BCUT2D eigenvalue weighted by Gasteiger charge is -2.33. The predicted molar refractivity (Wildman–Crippen MR) is 98.6 cm³/mol. The lowest BCUT2D eigenvalue weighted by atomic mass is 10.2. The van der Waals surface area contributed by atoms with Crippen molar-refractivity contribution in [1.82, 2.24) is 14.5 Å². The van der Waals surface area contributed by atoms with Crippen LogP contribution < -0.4 is 5.32 Å². The molecule has 2 aliphatic rings. The summed E-state index contributed by atoms with van der Waals surface area (Å²) in [6.07, 6.45) is 2.16. The zero-order valence-electron chi connectivity index (χ0n) is 14.6. The van der Waals surface area contributed by atoms with Crippen molar-refractivity contribution in [3.05, 3.63) is 29.3 Å². The van der Waals surface area contributed by atoms with Crippen molar-refractivity contribution in [3.63, 3.8) is 0 Å². The summed E-state index contributed by atoms with van der Waals surface area (Å²) in [6.45, 7) is 3.34. The van der Waals surface area contributed by atoms with E-state index >= 15 is 0 Å². The standard InChI is InChI=1S/C17H24ClN3O4S/c18-14-3-1-5-16(11-14)26(23,24)21-8-6-20(7-9-21)13-17(22)19-12-15-4-2-10-25-15/h1,3,5,11,15H,2,4,6-10,12-13H2,(H,19,22)/t15-/m1/s1. The number of halogens is 1. The van der Waals surface area contributed by atoms with E-state index in [-0.39, 0.29) is 23.5 Å². The molecule has 144 valence electrons. The highest BCUT2D eigenvalue weighted by Gasteiger charge is 2.29. The Morgan fingerprint density at radius 3 is 2.69 bits per heavy atom. The van der Waals surface area contributed by atoms with Gasteiger partial charge in [0.1, 0.15) is 0 Å². The van der Waals surface area contributed by atoms with Crippen molar-refractivity contribution in [2.24, 2.45) is 0 Å². The minimum Gasteiger partial charge on any atom is -0.376 e. The van der Waals surface area contributed by atoms with Gasteiger partial charge in [0.15, 0.2) is 0 Å². The van der Waals surface area contributed by atoms with Crippen molar-refractivity contribution >= 4 is 27.5 Å². The Kier molecular flexibility index (Phi) is 6.52. The number of rotatable bonds is 6. The molecule has 1 N–H and O–H groups in total. The number of amides is 1. The minimum absolute atomic E-state index is 0.0494. The zero-order chi connectivity index (χ0) is 18.6. The monoisotopic (exact) mass is 401 g/mol. The summed E-state index contributed by atoms with van der Waals surface area (Å²) in [5.74, 6) is -0.0494. The van der Waals surface area contributed by atoms with Gasteiger partial charge in [-0.3, -0.25) is 9.69 Å². The maximum Gasteiger partial charge on any atom is 0.243 e. The van der Waals surface area contributed by atoms with E-state index in [1.807, 2.05) is 4.90 Å². The number of carbonyl (C=O) groups excluding carboxylic acids is 1. The Morgan fingerprint density at radius 1 is 1.27 bits per heavy atom. The van der Waals surface area contributed by atoms with Crippen LogP contribution in [0.1, 0.15) is 12.8 Å². The molecular weight excluding hydrogens is 378 g/mol. The van der Waals surface area contributed by atoms with Crippen molar-refractivity contribution in [3.8, 4) is 0 Å². The lowest BCUT2D eigenvalue weighted by Crippen LogP contribution is -2.51. The number of carbonyl (C=O) groups is 1. The molecule has 1 aromatic rings. The Hall–Kier alpha value is -1.19. The maximum atomic E-state index is 12.7. The molecule has 7 nitrogen and oxygen atoms in total. The molecule has 0 spiro atoms. The summed E-state index contributed by atoms with van der Waals surface area (Å²) in [4.78, 5) is 14.2. The summed E-state index contributed by atoms with van der Waals surface area (Å²) in [7, 11) is -3.55. The van der Waals surface area contributed by atoms with E-state index in [4.69, 9.17) is 16.3 Å². The third kappa shape index (κ3) is 4.95. The average Bonchev–Trinajstić information content (AvgIpc) is 3.14. The Labute approximate surface area is 159 Å². The molecule has 0 aliphatic carbocycles. The van der Waals surface area contributed by atoms with Gasteiger partial charge in [0.05, 0.1) is 17.5 Å². The Balaban J connectivity index is 1.47. The Bertz CT molecular complexity index is 729. The fourth-order valence-corrected chi connectivity index (χ4v) is 4.92. The predicted octanol–water partition coefficient (Wildman–Crippen LogP) is 0.941.